The maximum atomic E-state index is 13.0. The molecule has 1 unspecified atom stereocenters. The van der Waals surface area contributed by atoms with Crippen molar-refractivity contribution in [1.29, 1.82) is 0 Å². The average Bonchev–Trinajstić information content (AvgIpc) is 3.29. The second-order valence-electron chi connectivity index (χ2n) is 6.54. The summed E-state index contributed by atoms with van der Waals surface area (Å²) in [6.45, 7) is 3.48. The van der Waals surface area contributed by atoms with Crippen LogP contribution in [-0.2, 0) is 4.79 Å². The van der Waals surface area contributed by atoms with Gasteiger partial charge in [0.25, 0.3) is 5.91 Å². The maximum absolute atomic E-state index is 13.0. The number of hydrogen-bond acceptors (Lipinski definition) is 5. The minimum atomic E-state index is -0.0634. The third-order valence-electron chi connectivity index (χ3n) is 4.62. The van der Waals surface area contributed by atoms with E-state index in [4.69, 9.17) is 5.73 Å². The molecule has 1 aliphatic rings. The van der Waals surface area contributed by atoms with Crippen LogP contribution in [0.15, 0.2) is 17.6 Å². The summed E-state index contributed by atoms with van der Waals surface area (Å²) in [6, 6.07) is 1.88. The van der Waals surface area contributed by atoms with Gasteiger partial charge < -0.3 is 20.9 Å². The molecule has 28 heavy (non-hydrogen) atoms. The highest BCUT2D eigenvalue weighted by Crippen LogP contribution is 2.24. The first-order chi connectivity index (χ1) is 12.6. The molecule has 0 spiro atoms. The lowest BCUT2D eigenvalue weighted by Gasteiger charge is -2.35. The molecule has 0 radical (unpaired) electrons. The molecule has 0 aromatic carbocycles. The first-order valence-electron chi connectivity index (χ1n) is 8.97. The van der Waals surface area contributed by atoms with Gasteiger partial charge in [-0.05, 0) is 32.3 Å². The van der Waals surface area contributed by atoms with Crippen molar-refractivity contribution >= 4 is 48.0 Å². The van der Waals surface area contributed by atoms with Crippen molar-refractivity contribution in [3.05, 3.63) is 28.3 Å². The van der Waals surface area contributed by atoms with Crippen LogP contribution >= 0.6 is 36.2 Å². The molecule has 2 amide bonds. The second kappa shape index (κ2) is 11.4. The summed E-state index contributed by atoms with van der Waals surface area (Å²) < 4.78 is 0. The van der Waals surface area contributed by atoms with Crippen molar-refractivity contribution in [2.45, 2.75) is 38.6 Å². The Bertz CT molecular complexity index is 780. The van der Waals surface area contributed by atoms with E-state index in [1.165, 1.54) is 0 Å². The Morgan fingerprint density at radius 3 is 2.86 bits per heavy atom. The summed E-state index contributed by atoms with van der Waals surface area (Å²) in [6.07, 6.45) is 5.08. The molecule has 156 valence electrons. The summed E-state index contributed by atoms with van der Waals surface area (Å²) in [5.41, 5.74) is 7.77. The van der Waals surface area contributed by atoms with Gasteiger partial charge >= 0.3 is 0 Å². The minimum Gasteiger partial charge on any atom is -0.357 e. The smallest absolute Gasteiger partial charge is 0.270 e. The molecule has 1 saturated heterocycles. The molecular formula is C18H27Cl2N5O2S. The van der Waals surface area contributed by atoms with Crippen molar-refractivity contribution in [2.24, 2.45) is 5.73 Å². The largest absolute Gasteiger partial charge is 0.357 e. The van der Waals surface area contributed by atoms with Gasteiger partial charge in [0.15, 0.2) is 0 Å². The number of halogens is 2. The Morgan fingerprint density at radius 1 is 1.39 bits per heavy atom. The van der Waals surface area contributed by atoms with Crippen LogP contribution in [0, 0.1) is 6.92 Å². The number of aromatic nitrogens is 2. The van der Waals surface area contributed by atoms with E-state index in [9.17, 15) is 9.59 Å². The summed E-state index contributed by atoms with van der Waals surface area (Å²) in [4.78, 5) is 34.1. The van der Waals surface area contributed by atoms with Crippen LogP contribution in [0.25, 0.3) is 11.3 Å². The fourth-order valence-corrected chi connectivity index (χ4v) is 3.87. The first-order valence-corrected chi connectivity index (χ1v) is 9.85. The van der Waals surface area contributed by atoms with E-state index in [1.54, 1.807) is 11.3 Å². The van der Waals surface area contributed by atoms with Crippen LogP contribution in [0.3, 0.4) is 0 Å². The molecule has 1 fully saturated rings. The van der Waals surface area contributed by atoms with Gasteiger partial charge in [0.05, 0.1) is 10.7 Å². The highest BCUT2D eigenvalue weighted by atomic mass is 35.5. The third-order valence-corrected chi connectivity index (χ3v) is 5.40. The van der Waals surface area contributed by atoms with Crippen molar-refractivity contribution in [3.8, 4) is 11.3 Å². The molecule has 0 aliphatic carbocycles. The normalized spacial score (nSPS) is 16.1. The predicted octanol–water partition coefficient (Wildman–Crippen LogP) is 2.75. The zero-order chi connectivity index (χ0) is 18.5. The number of carbonyl (C=O) groups excluding carboxylic acids is 2. The van der Waals surface area contributed by atoms with Crippen LogP contribution in [0.1, 0.15) is 41.2 Å². The van der Waals surface area contributed by atoms with Gasteiger partial charge in [-0.25, -0.2) is 4.98 Å². The molecule has 3 rings (SSSR count). The quantitative estimate of drug-likeness (QED) is 0.632. The van der Waals surface area contributed by atoms with Crippen molar-refractivity contribution < 1.29 is 9.59 Å². The summed E-state index contributed by atoms with van der Waals surface area (Å²) >= 11 is 1.59. The van der Waals surface area contributed by atoms with Gasteiger partial charge in [0.1, 0.15) is 5.69 Å². The van der Waals surface area contributed by atoms with Crippen LogP contribution in [-0.4, -0.2) is 52.4 Å². The molecule has 0 bridgehead atoms. The fraction of sp³-hybridized carbons (Fsp3) is 0.500. The summed E-state index contributed by atoms with van der Waals surface area (Å²) in [5, 5.41) is 5.88. The van der Waals surface area contributed by atoms with E-state index in [1.807, 2.05) is 29.5 Å². The third kappa shape index (κ3) is 5.94. The monoisotopic (exact) mass is 447 g/mol. The molecule has 10 heteroatoms. The van der Waals surface area contributed by atoms with Gasteiger partial charge in [0, 0.05) is 49.2 Å². The molecule has 7 nitrogen and oxygen atoms in total. The second-order valence-corrected chi connectivity index (χ2v) is 7.61. The van der Waals surface area contributed by atoms with Gasteiger partial charge in [-0.2, -0.15) is 0 Å². The highest BCUT2D eigenvalue weighted by molar-refractivity contribution is 7.09. The van der Waals surface area contributed by atoms with E-state index >= 15 is 0 Å². The van der Waals surface area contributed by atoms with Gasteiger partial charge in [-0.3, -0.25) is 9.59 Å². The number of piperidine rings is 1. The van der Waals surface area contributed by atoms with Crippen molar-refractivity contribution in [3.63, 3.8) is 0 Å². The van der Waals surface area contributed by atoms with Gasteiger partial charge in [-0.15, -0.1) is 36.2 Å². The number of hydrogen-bond donors (Lipinski definition) is 3. The molecule has 2 aromatic rings. The lowest BCUT2D eigenvalue weighted by molar-refractivity contribution is -0.121. The van der Waals surface area contributed by atoms with Crippen LogP contribution in [0.5, 0.6) is 0 Å². The first kappa shape index (κ1) is 24.4. The average molecular weight is 448 g/mol. The number of amides is 2. The Balaban J connectivity index is 0.00000196. The molecular weight excluding hydrogens is 421 g/mol. The van der Waals surface area contributed by atoms with E-state index in [0.29, 0.717) is 31.7 Å². The van der Waals surface area contributed by atoms with E-state index in [-0.39, 0.29) is 42.7 Å². The SMILES string of the molecule is Cc1nc(-c2c[nH]c(C(=O)N3CCCCC3CNC(=O)CCN)c2)cs1.Cl.Cl. The molecule has 2 aromatic heterocycles. The van der Waals surface area contributed by atoms with Gasteiger partial charge in [-0.1, -0.05) is 0 Å². The summed E-state index contributed by atoms with van der Waals surface area (Å²) in [7, 11) is 0. The topological polar surface area (TPSA) is 104 Å². The number of nitrogens with one attached hydrogen (secondary N) is 2. The maximum Gasteiger partial charge on any atom is 0.270 e. The Labute approximate surface area is 181 Å². The van der Waals surface area contributed by atoms with Crippen LogP contribution in [0.4, 0.5) is 0 Å². The number of nitrogens with zero attached hydrogens (tertiary/aromatic N) is 2. The minimum absolute atomic E-state index is 0. The lowest BCUT2D eigenvalue weighted by atomic mass is 10.0. The van der Waals surface area contributed by atoms with Crippen molar-refractivity contribution in [1.82, 2.24) is 20.2 Å². The molecule has 4 N–H and O–H groups in total. The Morgan fingerprint density at radius 2 is 2.18 bits per heavy atom. The van der Waals surface area contributed by atoms with E-state index in [2.05, 4.69) is 15.3 Å². The van der Waals surface area contributed by atoms with Crippen LogP contribution in [0.2, 0.25) is 0 Å². The predicted molar refractivity (Wildman–Crippen MR) is 116 cm³/mol. The number of aryl methyl sites for hydroxylation is 1. The van der Waals surface area contributed by atoms with Crippen LogP contribution < -0.4 is 11.1 Å². The highest BCUT2D eigenvalue weighted by Gasteiger charge is 2.28. The molecule has 0 saturated carbocycles. The number of nitrogens with two attached hydrogens (primary N) is 1. The van der Waals surface area contributed by atoms with Gasteiger partial charge in [0.2, 0.25) is 5.91 Å². The molecule has 1 aliphatic heterocycles. The zero-order valence-corrected chi connectivity index (χ0v) is 18.2. The van der Waals surface area contributed by atoms with E-state index in [0.717, 1.165) is 35.5 Å². The van der Waals surface area contributed by atoms with E-state index < -0.39 is 0 Å². The standard InChI is InChI=1S/C18H25N5O2S.2ClH/c1-12-22-16(11-26-12)13-8-15(20-9-13)18(25)23-7-3-2-4-14(23)10-21-17(24)5-6-19;;/h8-9,11,14,20H,2-7,10,19H2,1H3,(H,21,24);2*1H. The molecule has 1 atom stereocenters. The lowest BCUT2D eigenvalue weighted by Crippen LogP contribution is -2.49. The molecule has 3 heterocycles. The zero-order valence-electron chi connectivity index (χ0n) is 15.8. The number of likely N-dealkylation sites (tertiary alicyclic amines) is 1. The number of H-pyrrole nitrogens is 1. The Hall–Kier alpha value is -1.61. The summed E-state index contributed by atoms with van der Waals surface area (Å²) in [5.74, 6) is -0.0903. The fourth-order valence-electron chi connectivity index (χ4n) is 3.25. The number of thiazole rings is 1. The number of carbonyl (C=O) groups is 2. The number of rotatable bonds is 6. The van der Waals surface area contributed by atoms with Crippen molar-refractivity contribution in [2.75, 3.05) is 19.6 Å². The number of aromatic amines is 1. The Kier molecular flexibility index (Phi) is 9.95.